The molecule has 0 spiro atoms. The van der Waals surface area contributed by atoms with E-state index in [0.717, 1.165) is 25.2 Å². The monoisotopic (exact) mass is 260 g/mol. The van der Waals surface area contributed by atoms with Crippen LogP contribution in [0.25, 0.3) is 0 Å². The van der Waals surface area contributed by atoms with E-state index in [1.165, 1.54) is 19.3 Å². The number of para-hydroxylation sites is 1. The Balaban J connectivity index is 1.77. The fraction of sp³-hybridized carbons (Fsp3) is 0.533. The van der Waals surface area contributed by atoms with Gasteiger partial charge in [-0.15, -0.1) is 0 Å². The van der Waals surface area contributed by atoms with Crippen molar-refractivity contribution in [1.82, 2.24) is 5.32 Å². The Morgan fingerprint density at radius 1 is 1.16 bits per heavy atom. The van der Waals surface area contributed by atoms with Crippen molar-refractivity contribution in [2.45, 2.75) is 44.1 Å². The van der Waals surface area contributed by atoms with Gasteiger partial charge in [0.25, 0.3) is 5.91 Å². The average Bonchev–Trinajstić information content (AvgIpc) is 2.48. The van der Waals surface area contributed by atoms with E-state index in [9.17, 15) is 4.79 Å². The summed E-state index contributed by atoms with van der Waals surface area (Å²) in [6.45, 7) is 0. The van der Waals surface area contributed by atoms with E-state index in [1.54, 1.807) is 18.2 Å². The van der Waals surface area contributed by atoms with Crippen molar-refractivity contribution < 1.29 is 10.0 Å². The third-order valence-corrected chi connectivity index (χ3v) is 4.76. The minimum absolute atomic E-state index is 0.00556. The maximum atomic E-state index is 12.4. The van der Waals surface area contributed by atoms with Gasteiger partial charge in [-0.05, 0) is 56.6 Å². The first-order valence-corrected chi connectivity index (χ1v) is 7.04. The van der Waals surface area contributed by atoms with Crippen LogP contribution in [0.4, 0.5) is 5.69 Å². The molecule has 4 heteroatoms. The highest BCUT2D eigenvalue weighted by Gasteiger charge is 2.41. The van der Waals surface area contributed by atoms with Gasteiger partial charge in [0.2, 0.25) is 0 Å². The van der Waals surface area contributed by atoms with Gasteiger partial charge >= 0.3 is 0 Å². The molecule has 4 rings (SSSR count). The minimum atomic E-state index is -0.0856. The van der Waals surface area contributed by atoms with Crippen LogP contribution in [-0.2, 0) is 0 Å². The zero-order chi connectivity index (χ0) is 13.3. The number of amides is 1. The fourth-order valence-electron chi connectivity index (χ4n) is 3.52. The van der Waals surface area contributed by atoms with Crippen LogP contribution in [0.3, 0.4) is 0 Å². The second-order valence-corrected chi connectivity index (χ2v) is 5.87. The molecule has 3 aliphatic carbocycles. The number of carbonyl (C=O) groups is 1. The molecule has 0 aromatic heterocycles. The summed E-state index contributed by atoms with van der Waals surface area (Å²) in [4.78, 5) is 12.4. The zero-order valence-corrected chi connectivity index (χ0v) is 11.0. The molecule has 1 aromatic carbocycles. The lowest BCUT2D eigenvalue weighted by atomic mass is 9.66. The van der Waals surface area contributed by atoms with E-state index >= 15 is 0 Å². The summed E-state index contributed by atoms with van der Waals surface area (Å²) < 4.78 is 0. The maximum Gasteiger partial charge on any atom is 0.253 e. The van der Waals surface area contributed by atoms with E-state index in [0.29, 0.717) is 11.3 Å². The summed E-state index contributed by atoms with van der Waals surface area (Å²) in [6.07, 6.45) is 6.99. The lowest BCUT2D eigenvalue weighted by molar-refractivity contribution is 0.0714. The molecular formula is C15H20N2O2. The highest BCUT2D eigenvalue weighted by atomic mass is 16.5. The Morgan fingerprint density at radius 2 is 1.79 bits per heavy atom. The van der Waals surface area contributed by atoms with Gasteiger partial charge in [-0.2, -0.15) is 0 Å². The van der Waals surface area contributed by atoms with Crippen molar-refractivity contribution in [3.8, 4) is 0 Å². The van der Waals surface area contributed by atoms with Crippen LogP contribution < -0.4 is 10.8 Å². The van der Waals surface area contributed by atoms with Gasteiger partial charge in [-0.25, -0.2) is 0 Å². The Labute approximate surface area is 113 Å². The third-order valence-electron chi connectivity index (χ3n) is 4.76. The van der Waals surface area contributed by atoms with Crippen molar-refractivity contribution in [2.75, 3.05) is 5.48 Å². The molecule has 3 aliphatic rings. The van der Waals surface area contributed by atoms with Crippen molar-refractivity contribution in [2.24, 2.45) is 5.92 Å². The molecule has 0 heterocycles. The topological polar surface area (TPSA) is 61.4 Å². The predicted octanol–water partition coefficient (Wildman–Crippen LogP) is 2.94. The van der Waals surface area contributed by atoms with Gasteiger partial charge in [0, 0.05) is 5.54 Å². The molecule has 1 amide bonds. The summed E-state index contributed by atoms with van der Waals surface area (Å²) >= 11 is 0. The molecule has 19 heavy (non-hydrogen) atoms. The van der Waals surface area contributed by atoms with E-state index in [2.05, 4.69) is 10.8 Å². The molecule has 0 aliphatic heterocycles. The van der Waals surface area contributed by atoms with Crippen LogP contribution in [0.5, 0.6) is 0 Å². The average molecular weight is 260 g/mol. The highest BCUT2D eigenvalue weighted by molar-refractivity contribution is 5.99. The second kappa shape index (κ2) is 4.85. The van der Waals surface area contributed by atoms with Crippen LogP contribution in [0, 0.1) is 5.92 Å². The molecular weight excluding hydrogens is 240 g/mol. The van der Waals surface area contributed by atoms with Crippen molar-refractivity contribution in [1.29, 1.82) is 0 Å². The Bertz CT molecular complexity index is 465. The van der Waals surface area contributed by atoms with E-state index in [1.807, 2.05) is 6.07 Å². The first-order valence-electron chi connectivity index (χ1n) is 7.04. The van der Waals surface area contributed by atoms with E-state index < -0.39 is 0 Å². The maximum absolute atomic E-state index is 12.4. The Hall–Kier alpha value is -1.55. The van der Waals surface area contributed by atoms with Crippen LogP contribution in [-0.4, -0.2) is 16.7 Å². The number of rotatable bonds is 3. The van der Waals surface area contributed by atoms with Crippen LogP contribution >= 0.6 is 0 Å². The molecule has 0 radical (unpaired) electrons. The second-order valence-electron chi connectivity index (χ2n) is 5.87. The first kappa shape index (κ1) is 12.5. The van der Waals surface area contributed by atoms with E-state index in [4.69, 9.17) is 5.21 Å². The molecule has 4 nitrogen and oxygen atoms in total. The van der Waals surface area contributed by atoms with Crippen molar-refractivity contribution in [3.05, 3.63) is 29.8 Å². The van der Waals surface area contributed by atoms with Crippen LogP contribution in [0.15, 0.2) is 24.3 Å². The molecule has 0 unspecified atom stereocenters. The molecule has 3 fully saturated rings. The normalized spacial score (nSPS) is 29.0. The minimum Gasteiger partial charge on any atom is -0.347 e. The Morgan fingerprint density at radius 3 is 2.42 bits per heavy atom. The molecule has 1 aromatic rings. The predicted molar refractivity (Wildman–Crippen MR) is 73.2 cm³/mol. The van der Waals surface area contributed by atoms with Gasteiger partial charge in [0.05, 0.1) is 11.3 Å². The van der Waals surface area contributed by atoms with Gasteiger partial charge < -0.3 is 5.32 Å². The Kier molecular flexibility index (Phi) is 3.19. The number of hydrogen-bond donors (Lipinski definition) is 3. The highest BCUT2D eigenvalue weighted by Crippen LogP contribution is 2.44. The quantitative estimate of drug-likeness (QED) is 0.732. The number of benzene rings is 1. The summed E-state index contributed by atoms with van der Waals surface area (Å²) in [5.41, 5.74) is 3.05. The lowest BCUT2D eigenvalue weighted by Crippen LogP contribution is -2.53. The molecule has 0 saturated heterocycles. The lowest BCUT2D eigenvalue weighted by Gasteiger charge is -2.47. The van der Waals surface area contributed by atoms with E-state index in [-0.39, 0.29) is 11.4 Å². The molecule has 102 valence electrons. The molecule has 0 atom stereocenters. The number of fused-ring (bicyclic) bond motifs is 3. The van der Waals surface area contributed by atoms with Gasteiger partial charge in [-0.3, -0.25) is 15.5 Å². The van der Waals surface area contributed by atoms with Crippen molar-refractivity contribution >= 4 is 11.6 Å². The summed E-state index contributed by atoms with van der Waals surface area (Å²) in [6, 6.07) is 7.04. The largest absolute Gasteiger partial charge is 0.347 e. The summed E-state index contributed by atoms with van der Waals surface area (Å²) in [5.74, 6) is 0.794. The summed E-state index contributed by atoms with van der Waals surface area (Å²) in [7, 11) is 0. The van der Waals surface area contributed by atoms with Gasteiger partial charge in [0.1, 0.15) is 0 Å². The molecule has 3 saturated carbocycles. The number of carbonyl (C=O) groups excluding carboxylic acids is 1. The third kappa shape index (κ3) is 2.32. The summed E-state index contributed by atoms with van der Waals surface area (Å²) in [5, 5.41) is 12.3. The first-order chi connectivity index (χ1) is 9.22. The SMILES string of the molecule is O=C(NC12CCC(CC1)CC2)c1ccccc1NO. The fourth-order valence-corrected chi connectivity index (χ4v) is 3.52. The molecule has 3 N–H and O–H groups in total. The zero-order valence-electron chi connectivity index (χ0n) is 11.0. The number of anilines is 1. The smallest absolute Gasteiger partial charge is 0.253 e. The van der Waals surface area contributed by atoms with Crippen LogP contribution in [0.1, 0.15) is 48.9 Å². The number of hydrogen-bond acceptors (Lipinski definition) is 3. The van der Waals surface area contributed by atoms with Gasteiger partial charge in [-0.1, -0.05) is 12.1 Å². The van der Waals surface area contributed by atoms with Crippen LogP contribution in [0.2, 0.25) is 0 Å². The standard InChI is InChI=1S/C15H20N2O2/c18-14(12-3-1-2-4-13(12)17-19)16-15-8-5-11(6-9-15)7-10-15/h1-4,11,17,19H,5-10H2,(H,16,18). The van der Waals surface area contributed by atoms with Gasteiger partial charge in [0.15, 0.2) is 0 Å². The van der Waals surface area contributed by atoms with Crippen molar-refractivity contribution in [3.63, 3.8) is 0 Å². The molecule has 2 bridgehead atoms. The number of nitrogens with one attached hydrogen (secondary N) is 2.